The molecule has 1 aliphatic rings. The Balaban J connectivity index is 2.06. The summed E-state index contributed by atoms with van der Waals surface area (Å²) in [5, 5.41) is 0.736. The molecule has 0 aromatic heterocycles. The molecule has 18 heavy (non-hydrogen) atoms. The van der Waals surface area contributed by atoms with Crippen LogP contribution in [0.4, 0.5) is 0 Å². The van der Waals surface area contributed by atoms with E-state index in [1.54, 1.807) is 0 Å². The maximum atomic E-state index is 5.90. The summed E-state index contributed by atoms with van der Waals surface area (Å²) in [6.45, 7) is 0. The lowest BCUT2D eigenvalue weighted by molar-refractivity contribution is 0.627. The van der Waals surface area contributed by atoms with Crippen LogP contribution in [0.1, 0.15) is 11.1 Å². The van der Waals surface area contributed by atoms with Crippen LogP contribution in [0.15, 0.2) is 54.6 Å². The smallest absolute Gasteiger partial charge is 0.0829 e. The minimum Gasteiger partial charge on any atom is -0.301 e. The van der Waals surface area contributed by atoms with Crippen LogP contribution >= 0.6 is 11.6 Å². The zero-order chi connectivity index (χ0) is 12.4. The molecule has 1 heterocycles. The van der Waals surface area contributed by atoms with Crippen molar-refractivity contribution in [3.05, 3.63) is 70.7 Å². The molecule has 0 spiro atoms. The number of rotatable bonds is 2. The van der Waals surface area contributed by atoms with Gasteiger partial charge in [-0.3, -0.25) is 0 Å². The lowest BCUT2D eigenvalue weighted by atomic mass is 10.1. The Morgan fingerprint density at radius 1 is 0.667 bits per heavy atom. The first-order valence-electron chi connectivity index (χ1n) is 5.67. The Morgan fingerprint density at radius 3 is 1.83 bits per heavy atom. The van der Waals surface area contributed by atoms with Crippen LogP contribution in [-0.2, 0) is 0 Å². The summed E-state index contributed by atoms with van der Waals surface area (Å²) >= 11 is 5.90. The van der Waals surface area contributed by atoms with E-state index in [-0.39, 0.29) is 0 Å². The summed E-state index contributed by atoms with van der Waals surface area (Å²) in [4.78, 5) is 0. The molecule has 4 heteroatoms. The van der Waals surface area contributed by atoms with E-state index in [9.17, 15) is 0 Å². The molecule has 0 atom stereocenters. The van der Waals surface area contributed by atoms with Crippen molar-refractivity contribution >= 4 is 23.0 Å². The highest BCUT2D eigenvalue weighted by Crippen LogP contribution is 2.24. The molecule has 3 nitrogen and oxygen atoms in total. The molecule has 90 valence electrons. The Kier molecular flexibility index (Phi) is 2.92. The van der Waals surface area contributed by atoms with Crippen LogP contribution in [0.25, 0.3) is 11.4 Å². The molecule has 2 aromatic carbocycles. The van der Waals surface area contributed by atoms with Crippen LogP contribution in [-0.4, -0.2) is 0 Å². The molecule has 0 fully saturated rings. The first-order valence-corrected chi connectivity index (χ1v) is 6.05. The molecular formula is C14H12ClN3. The van der Waals surface area contributed by atoms with Gasteiger partial charge in [0.2, 0.25) is 0 Å². The second-order valence-electron chi connectivity index (χ2n) is 4.00. The van der Waals surface area contributed by atoms with Gasteiger partial charge in [0, 0.05) is 16.1 Å². The lowest BCUT2D eigenvalue weighted by Crippen LogP contribution is -2.32. The molecule has 1 aliphatic heterocycles. The van der Waals surface area contributed by atoms with Crippen LogP contribution in [0, 0.1) is 0 Å². The summed E-state index contributed by atoms with van der Waals surface area (Å²) < 4.78 is 0. The average molecular weight is 258 g/mol. The fraction of sp³-hybridized carbons (Fsp3) is 0. The highest BCUT2D eigenvalue weighted by atomic mass is 35.5. The van der Waals surface area contributed by atoms with Gasteiger partial charge in [-0.2, -0.15) is 0 Å². The van der Waals surface area contributed by atoms with Gasteiger partial charge in [0.25, 0.3) is 0 Å². The molecule has 0 unspecified atom stereocenters. The van der Waals surface area contributed by atoms with Gasteiger partial charge in [0.1, 0.15) is 0 Å². The molecular weight excluding hydrogens is 246 g/mol. The minimum atomic E-state index is 0.736. The maximum absolute atomic E-state index is 5.90. The van der Waals surface area contributed by atoms with Crippen molar-refractivity contribution in [1.82, 2.24) is 16.4 Å². The van der Waals surface area contributed by atoms with Crippen molar-refractivity contribution in [2.45, 2.75) is 0 Å². The first-order chi connectivity index (χ1) is 8.84. The number of hydrogen-bond acceptors (Lipinski definition) is 3. The second-order valence-corrected chi connectivity index (χ2v) is 4.43. The van der Waals surface area contributed by atoms with Gasteiger partial charge >= 0.3 is 0 Å². The zero-order valence-corrected chi connectivity index (χ0v) is 10.3. The fourth-order valence-electron chi connectivity index (χ4n) is 1.94. The topological polar surface area (TPSA) is 36.1 Å². The van der Waals surface area contributed by atoms with Crippen LogP contribution in [0.2, 0.25) is 5.02 Å². The number of halogens is 1. The highest BCUT2D eigenvalue weighted by Gasteiger charge is 2.16. The summed E-state index contributed by atoms with van der Waals surface area (Å²) in [6, 6.07) is 17.9. The van der Waals surface area contributed by atoms with E-state index in [1.807, 2.05) is 42.5 Å². The standard InChI is InChI=1S/C14H12ClN3/c15-12-8-6-11(7-9-12)14-13(16-18-17-14)10-4-2-1-3-5-10/h1-9,16-18H. The van der Waals surface area contributed by atoms with Crippen LogP contribution in [0.5, 0.6) is 0 Å². The molecule has 0 saturated heterocycles. The molecule has 0 aliphatic carbocycles. The number of benzene rings is 2. The van der Waals surface area contributed by atoms with Gasteiger partial charge < -0.3 is 10.9 Å². The van der Waals surface area contributed by atoms with Gasteiger partial charge in [0.15, 0.2) is 0 Å². The van der Waals surface area contributed by atoms with E-state index in [4.69, 9.17) is 11.6 Å². The third-order valence-electron chi connectivity index (χ3n) is 2.82. The molecule has 0 radical (unpaired) electrons. The predicted molar refractivity (Wildman–Crippen MR) is 74.1 cm³/mol. The first kappa shape index (κ1) is 11.1. The molecule has 3 N–H and O–H groups in total. The van der Waals surface area contributed by atoms with E-state index in [1.165, 1.54) is 0 Å². The van der Waals surface area contributed by atoms with E-state index in [0.717, 1.165) is 27.5 Å². The van der Waals surface area contributed by atoms with Crippen molar-refractivity contribution in [2.75, 3.05) is 0 Å². The van der Waals surface area contributed by atoms with Crippen molar-refractivity contribution in [1.29, 1.82) is 0 Å². The number of hydrogen-bond donors (Lipinski definition) is 3. The second kappa shape index (κ2) is 4.72. The Bertz CT molecular complexity index is 576. The third kappa shape index (κ3) is 2.06. The molecule has 3 rings (SSSR count). The SMILES string of the molecule is Clc1ccc(C2=C(c3ccccc3)NNN2)cc1. The van der Waals surface area contributed by atoms with Crippen molar-refractivity contribution < 1.29 is 0 Å². The van der Waals surface area contributed by atoms with E-state index >= 15 is 0 Å². The minimum absolute atomic E-state index is 0.736. The number of hydrazine groups is 2. The van der Waals surface area contributed by atoms with Crippen molar-refractivity contribution in [3.63, 3.8) is 0 Å². The van der Waals surface area contributed by atoms with Gasteiger partial charge in [0.05, 0.1) is 11.4 Å². The Morgan fingerprint density at radius 2 is 1.22 bits per heavy atom. The Labute approximate surface area is 110 Å². The molecule has 2 aromatic rings. The lowest BCUT2D eigenvalue weighted by Gasteiger charge is -2.06. The summed E-state index contributed by atoms with van der Waals surface area (Å²) in [7, 11) is 0. The monoisotopic (exact) mass is 257 g/mol. The Hall–Kier alpha value is -1.97. The van der Waals surface area contributed by atoms with Crippen LogP contribution in [0.3, 0.4) is 0 Å². The van der Waals surface area contributed by atoms with Crippen LogP contribution < -0.4 is 16.4 Å². The van der Waals surface area contributed by atoms with Gasteiger partial charge in [-0.15, -0.1) is 5.53 Å². The van der Waals surface area contributed by atoms with E-state index in [0.29, 0.717) is 0 Å². The van der Waals surface area contributed by atoms with Crippen molar-refractivity contribution in [3.8, 4) is 0 Å². The quantitative estimate of drug-likeness (QED) is 0.774. The molecule has 0 saturated carbocycles. The third-order valence-corrected chi connectivity index (χ3v) is 3.07. The fourth-order valence-corrected chi connectivity index (χ4v) is 2.06. The van der Waals surface area contributed by atoms with Crippen molar-refractivity contribution in [2.24, 2.45) is 0 Å². The van der Waals surface area contributed by atoms with E-state index in [2.05, 4.69) is 28.5 Å². The van der Waals surface area contributed by atoms with Gasteiger partial charge in [-0.05, 0) is 12.1 Å². The summed E-state index contributed by atoms with van der Waals surface area (Å²) in [5.74, 6) is 0. The van der Waals surface area contributed by atoms with Gasteiger partial charge in [-0.25, -0.2) is 0 Å². The molecule has 0 amide bonds. The molecule has 0 bridgehead atoms. The zero-order valence-electron chi connectivity index (χ0n) is 9.57. The van der Waals surface area contributed by atoms with E-state index < -0.39 is 0 Å². The predicted octanol–water partition coefficient (Wildman–Crippen LogP) is 2.78. The maximum Gasteiger partial charge on any atom is 0.0829 e. The van der Waals surface area contributed by atoms with Gasteiger partial charge in [-0.1, -0.05) is 54.1 Å². The highest BCUT2D eigenvalue weighted by molar-refractivity contribution is 6.30. The number of nitrogens with one attached hydrogen (secondary N) is 3. The normalized spacial score (nSPS) is 14.3. The summed E-state index contributed by atoms with van der Waals surface area (Å²) in [5.41, 5.74) is 13.4. The summed E-state index contributed by atoms with van der Waals surface area (Å²) in [6.07, 6.45) is 0. The largest absolute Gasteiger partial charge is 0.301 e. The average Bonchev–Trinajstić information content (AvgIpc) is 2.90.